The first-order valence-electron chi connectivity index (χ1n) is 9.40. The van der Waals surface area contributed by atoms with Gasteiger partial charge in [-0.3, -0.25) is 9.78 Å². The first-order valence-corrected chi connectivity index (χ1v) is 11.1. The highest BCUT2D eigenvalue weighted by Gasteiger charge is 2.12. The van der Waals surface area contributed by atoms with Crippen LogP contribution in [0.2, 0.25) is 0 Å². The maximum absolute atomic E-state index is 10.8. The van der Waals surface area contributed by atoms with E-state index in [0.717, 1.165) is 15.5 Å². The number of benzene rings is 1. The minimum atomic E-state index is -0.843. The molecule has 156 valence electrons. The van der Waals surface area contributed by atoms with E-state index in [1.165, 1.54) is 11.3 Å². The lowest BCUT2D eigenvalue weighted by Gasteiger charge is -2.12. The number of rotatable bonds is 9. The quantitative estimate of drug-likeness (QED) is 0.338. The average Bonchev–Trinajstić information content (AvgIpc) is 3.23. The lowest BCUT2D eigenvalue weighted by molar-refractivity contribution is -0.136. The van der Waals surface area contributed by atoms with Crippen molar-refractivity contribution in [2.45, 2.75) is 22.6 Å². The van der Waals surface area contributed by atoms with E-state index in [1.807, 2.05) is 53.9 Å². The fourth-order valence-electron chi connectivity index (χ4n) is 2.63. The second-order valence-electron chi connectivity index (χ2n) is 6.38. The molecule has 0 aliphatic carbocycles. The van der Waals surface area contributed by atoms with Crippen molar-refractivity contribution in [2.24, 2.45) is 0 Å². The van der Waals surface area contributed by atoms with Gasteiger partial charge in [-0.05, 0) is 24.3 Å². The molecule has 4 rings (SSSR count). The molecule has 0 aliphatic rings. The van der Waals surface area contributed by atoms with Crippen molar-refractivity contribution in [3.05, 3.63) is 78.2 Å². The highest BCUT2D eigenvalue weighted by atomic mass is 32.2. The van der Waals surface area contributed by atoms with Gasteiger partial charge in [-0.25, -0.2) is 9.97 Å². The van der Waals surface area contributed by atoms with Crippen molar-refractivity contribution in [3.8, 4) is 11.5 Å². The molecule has 3 heterocycles. The summed E-state index contributed by atoms with van der Waals surface area (Å²) in [6.07, 6.45) is 5.69. The second kappa shape index (κ2) is 10.1. The van der Waals surface area contributed by atoms with E-state index in [9.17, 15) is 4.79 Å². The second-order valence-corrected chi connectivity index (χ2v) is 8.39. The molecule has 0 aliphatic heterocycles. The van der Waals surface area contributed by atoms with E-state index in [4.69, 9.17) is 9.84 Å². The molecule has 0 bridgehead atoms. The van der Waals surface area contributed by atoms with Gasteiger partial charge in [0.15, 0.2) is 16.7 Å². The summed E-state index contributed by atoms with van der Waals surface area (Å²) in [6, 6.07) is 15.3. The number of aromatic nitrogens is 3. The summed E-state index contributed by atoms with van der Waals surface area (Å²) in [5.41, 5.74) is 0.727. The maximum Gasteiger partial charge on any atom is 0.303 e. The lowest BCUT2D eigenvalue weighted by atomic mass is 10.2. The van der Waals surface area contributed by atoms with Crippen molar-refractivity contribution in [1.82, 2.24) is 15.0 Å². The minimum Gasteiger partial charge on any atom is -0.481 e. The fraction of sp³-hybridized carbons (Fsp3) is 0.0909. The van der Waals surface area contributed by atoms with Gasteiger partial charge < -0.3 is 15.2 Å². The van der Waals surface area contributed by atoms with Crippen molar-refractivity contribution in [3.63, 3.8) is 0 Å². The number of thiazole rings is 1. The fourth-order valence-corrected chi connectivity index (χ4v) is 4.17. The third kappa shape index (κ3) is 6.03. The number of pyridine rings is 2. The number of nitrogens with one attached hydrogen (secondary N) is 1. The molecule has 0 amide bonds. The Bertz CT molecular complexity index is 1150. The molecule has 9 heteroatoms. The Labute approximate surface area is 187 Å². The van der Waals surface area contributed by atoms with E-state index in [1.54, 1.807) is 30.4 Å². The predicted octanol–water partition coefficient (Wildman–Crippen LogP) is 5.64. The highest BCUT2D eigenvalue weighted by molar-refractivity contribution is 7.99. The molecule has 0 unspecified atom stereocenters. The van der Waals surface area contributed by atoms with Gasteiger partial charge in [-0.1, -0.05) is 30.0 Å². The monoisotopic (exact) mass is 450 g/mol. The van der Waals surface area contributed by atoms with Crippen LogP contribution in [0.15, 0.2) is 82.3 Å². The number of ether oxygens (including phenoxy) is 1. The van der Waals surface area contributed by atoms with Crippen molar-refractivity contribution in [1.29, 1.82) is 0 Å². The Morgan fingerprint density at radius 2 is 1.94 bits per heavy atom. The van der Waals surface area contributed by atoms with Crippen molar-refractivity contribution in [2.75, 3.05) is 5.32 Å². The number of carboxylic acids is 1. The molecule has 0 spiro atoms. The van der Waals surface area contributed by atoms with E-state index in [0.29, 0.717) is 28.9 Å². The van der Waals surface area contributed by atoms with E-state index < -0.39 is 5.97 Å². The summed E-state index contributed by atoms with van der Waals surface area (Å²) in [7, 11) is 0. The van der Waals surface area contributed by atoms with Crippen LogP contribution in [-0.4, -0.2) is 26.0 Å². The molecule has 0 radical (unpaired) electrons. The molecule has 3 aromatic heterocycles. The van der Waals surface area contributed by atoms with Gasteiger partial charge in [0.25, 0.3) is 0 Å². The summed E-state index contributed by atoms with van der Waals surface area (Å²) in [5, 5.41) is 14.5. The topological polar surface area (TPSA) is 97.2 Å². The Balaban J connectivity index is 1.57. The van der Waals surface area contributed by atoms with Gasteiger partial charge in [-0.15, -0.1) is 11.3 Å². The molecule has 1 aromatic carbocycles. The van der Waals surface area contributed by atoms with Gasteiger partial charge in [0.1, 0.15) is 5.75 Å². The normalized spacial score (nSPS) is 10.6. The molecular weight excluding hydrogens is 432 g/mol. The average molecular weight is 451 g/mol. The number of hydrogen-bond donors (Lipinski definition) is 2. The predicted molar refractivity (Wildman–Crippen MR) is 120 cm³/mol. The van der Waals surface area contributed by atoms with Crippen LogP contribution in [0.3, 0.4) is 0 Å². The molecule has 0 saturated carbocycles. The number of anilines is 2. The molecule has 31 heavy (non-hydrogen) atoms. The first kappa shape index (κ1) is 20.8. The van der Waals surface area contributed by atoms with Gasteiger partial charge >= 0.3 is 5.97 Å². The Morgan fingerprint density at radius 3 is 2.71 bits per heavy atom. The van der Waals surface area contributed by atoms with Gasteiger partial charge in [0, 0.05) is 46.2 Å². The van der Waals surface area contributed by atoms with E-state index in [-0.39, 0.29) is 6.42 Å². The van der Waals surface area contributed by atoms with Crippen molar-refractivity contribution >= 4 is 40.0 Å². The number of aryl methyl sites for hydroxylation is 1. The zero-order chi connectivity index (χ0) is 21.5. The third-order valence-corrected chi connectivity index (χ3v) is 5.83. The Kier molecular flexibility index (Phi) is 6.75. The molecule has 7 nitrogen and oxygen atoms in total. The van der Waals surface area contributed by atoms with Gasteiger partial charge in [0.2, 0.25) is 0 Å². The van der Waals surface area contributed by atoms with Crippen molar-refractivity contribution < 1.29 is 14.6 Å². The standard InChI is InChI=1S/C22H18N4O3S2/c27-20(28)7-6-15-14-30-22(25-15)26-21-19(29-16-4-2-1-3-5-16)12-18(13-24-21)31-17-8-10-23-11-9-17/h1-5,8-14H,6-7H2,(H,27,28)(H,24,25,26). The summed E-state index contributed by atoms with van der Waals surface area (Å²) < 4.78 is 6.09. The molecule has 2 N–H and O–H groups in total. The van der Waals surface area contributed by atoms with Crippen LogP contribution in [0.4, 0.5) is 10.9 Å². The van der Waals surface area contributed by atoms with Gasteiger partial charge in [-0.2, -0.15) is 0 Å². The first-order chi connectivity index (χ1) is 15.2. The van der Waals surface area contributed by atoms with Crippen LogP contribution in [-0.2, 0) is 11.2 Å². The van der Waals surface area contributed by atoms with Crippen LogP contribution < -0.4 is 10.1 Å². The number of hydrogen-bond acceptors (Lipinski definition) is 8. The van der Waals surface area contributed by atoms with Crippen LogP contribution in [0.5, 0.6) is 11.5 Å². The highest BCUT2D eigenvalue weighted by Crippen LogP contribution is 2.36. The zero-order valence-electron chi connectivity index (χ0n) is 16.3. The van der Waals surface area contributed by atoms with Gasteiger partial charge in [0.05, 0.1) is 12.1 Å². The molecule has 4 aromatic rings. The largest absolute Gasteiger partial charge is 0.481 e. The summed E-state index contributed by atoms with van der Waals surface area (Å²) >= 11 is 2.96. The molecule has 0 saturated heterocycles. The lowest BCUT2D eigenvalue weighted by Crippen LogP contribution is -1.99. The molecule has 0 atom stereocenters. The van der Waals surface area contributed by atoms with Crippen LogP contribution >= 0.6 is 23.1 Å². The number of para-hydroxylation sites is 1. The summed E-state index contributed by atoms with van der Waals surface area (Å²) in [5.74, 6) is 0.944. The SMILES string of the molecule is O=C(O)CCc1csc(Nc2ncc(Sc3ccncc3)cc2Oc2ccccc2)n1. The van der Waals surface area contributed by atoms with Crippen LogP contribution in [0.1, 0.15) is 12.1 Å². The maximum atomic E-state index is 10.8. The number of carboxylic acid groups (broad SMARTS) is 1. The van der Waals surface area contributed by atoms with E-state index >= 15 is 0 Å². The smallest absolute Gasteiger partial charge is 0.303 e. The summed E-state index contributed by atoms with van der Waals surface area (Å²) in [4.78, 5) is 25.8. The minimum absolute atomic E-state index is 0.0463. The number of carbonyl (C=O) groups is 1. The number of nitrogens with zero attached hydrogens (tertiary/aromatic N) is 3. The summed E-state index contributed by atoms with van der Waals surface area (Å²) in [6.45, 7) is 0. The Morgan fingerprint density at radius 1 is 1.13 bits per heavy atom. The molecule has 0 fully saturated rings. The Hall–Kier alpha value is -3.43. The molecular formula is C22H18N4O3S2. The van der Waals surface area contributed by atoms with E-state index in [2.05, 4.69) is 20.3 Å². The van der Waals surface area contributed by atoms with Crippen LogP contribution in [0, 0.1) is 0 Å². The zero-order valence-corrected chi connectivity index (χ0v) is 17.9. The number of aliphatic carboxylic acids is 1. The third-order valence-electron chi connectivity index (χ3n) is 4.06. The van der Waals surface area contributed by atoms with Crippen LogP contribution in [0.25, 0.3) is 0 Å².